The van der Waals surface area contributed by atoms with Gasteiger partial charge in [0.2, 0.25) is 11.8 Å². The molecule has 0 radical (unpaired) electrons. The molecule has 2 saturated heterocycles. The Morgan fingerprint density at radius 1 is 0.955 bits per heavy atom. The highest BCUT2D eigenvalue weighted by Crippen LogP contribution is 2.52. The largest absolute Gasteiger partial charge is 0.451 e. The van der Waals surface area contributed by atoms with Gasteiger partial charge in [-0.1, -0.05) is 91.0 Å². The Balaban J connectivity index is 1.40. The van der Waals surface area contributed by atoms with Crippen LogP contribution in [0.2, 0.25) is 0 Å². The molecular formula is C34H28BrIN2O4S2. The molecule has 0 saturated carbocycles. The molecule has 0 aromatic heterocycles. The topological polar surface area (TPSA) is 75.7 Å². The number of halogens is 2. The van der Waals surface area contributed by atoms with Crippen molar-refractivity contribution < 1.29 is 19.1 Å². The second kappa shape index (κ2) is 13.7. The summed E-state index contributed by atoms with van der Waals surface area (Å²) in [4.78, 5) is 43.8. The monoisotopic (exact) mass is 798 g/mol. The molecule has 4 aromatic rings. The fourth-order valence-electron chi connectivity index (χ4n) is 5.32. The average molecular weight is 800 g/mol. The Morgan fingerprint density at radius 2 is 1.57 bits per heavy atom. The van der Waals surface area contributed by atoms with E-state index in [2.05, 4.69) is 43.8 Å². The van der Waals surface area contributed by atoms with Crippen LogP contribution in [-0.2, 0) is 25.5 Å². The number of amides is 2. The van der Waals surface area contributed by atoms with E-state index in [0.717, 1.165) is 29.6 Å². The van der Waals surface area contributed by atoms with Crippen LogP contribution < -0.4 is 5.32 Å². The SMILES string of the molecule is O=C(Cc1ccccc1I)NC1S[C@@H]2CC(=O)N2CC1(Sc1ccccc1Br)C(=O)OC(c1ccccc1)c1ccccc1. The second-order valence-corrected chi connectivity index (χ2v) is 15.2. The average Bonchev–Trinajstić information content (AvgIpc) is 3.03. The fraction of sp³-hybridized carbons (Fsp3) is 0.206. The molecule has 6 nitrogen and oxygen atoms in total. The van der Waals surface area contributed by atoms with Crippen LogP contribution in [0.4, 0.5) is 0 Å². The maximum atomic E-state index is 14.8. The molecule has 224 valence electrons. The van der Waals surface area contributed by atoms with Gasteiger partial charge in [-0.2, -0.15) is 0 Å². The van der Waals surface area contributed by atoms with Crippen molar-refractivity contribution in [1.29, 1.82) is 0 Å². The van der Waals surface area contributed by atoms with Crippen LogP contribution in [0.25, 0.3) is 0 Å². The predicted octanol–water partition coefficient (Wildman–Crippen LogP) is 7.21. The molecule has 3 atom stereocenters. The maximum absolute atomic E-state index is 14.8. The molecule has 0 aliphatic carbocycles. The van der Waals surface area contributed by atoms with Crippen LogP contribution in [0.15, 0.2) is 119 Å². The Bertz CT molecular complexity index is 1640. The van der Waals surface area contributed by atoms with Gasteiger partial charge in [0.05, 0.1) is 24.8 Å². The van der Waals surface area contributed by atoms with Gasteiger partial charge in [-0.15, -0.1) is 23.5 Å². The minimum absolute atomic E-state index is 0.0151. The molecule has 2 aliphatic heterocycles. The van der Waals surface area contributed by atoms with Crippen molar-refractivity contribution >= 4 is 79.8 Å². The van der Waals surface area contributed by atoms with Gasteiger partial charge in [0.15, 0.2) is 10.9 Å². The normalized spacial score (nSPS) is 20.9. The smallest absolute Gasteiger partial charge is 0.328 e. The molecule has 2 aliphatic rings. The van der Waals surface area contributed by atoms with E-state index in [0.29, 0.717) is 6.42 Å². The number of hydrogen-bond acceptors (Lipinski definition) is 6. The summed E-state index contributed by atoms with van der Waals surface area (Å²) < 4.78 is 6.95. The Kier molecular flexibility index (Phi) is 9.70. The van der Waals surface area contributed by atoms with Crippen LogP contribution in [-0.4, -0.2) is 44.7 Å². The Labute approximate surface area is 287 Å². The maximum Gasteiger partial charge on any atom is 0.328 e. The third-order valence-corrected chi connectivity index (χ3v) is 12.8. The van der Waals surface area contributed by atoms with Gasteiger partial charge in [0.1, 0.15) is 5.37 Å². The van der Waals surface area contributed by atoms with Crippen LogP contribution in [0.5, 0.6) is 0 Å². The van der Waals surface area contributed by atoms with E-state index in [1.54, 1.807) is 4.90 Å². The van der Waals surface area contributed by atoms with Crippen molar-refractivity contribution in [2.45, 2.75) is 39.3 Å². The lowest BCUT2D eigenvalue weighted by Crippen LogP contribution is -2.69. The van der Waals surface area contributed by atoms with E-state index < -0.39 is 22.2 Å². The van der Waals surface area contributed by atoms with Gasteiger partial charge >= 0.3 is 5.97 Å². The molecule has 6 rings (SSSR count). The van der Waals surface area contributed by atoms with Crippen molar-refractivity contribution in [3.8, 4) is 0 Å². The van der Waals surface area contributed by atoms with Crippen molar-refractivity contribution in [2.24, 2.45) is 0 Å². The number of benzene rings is 4. The number of ether oxygens (including phenoxy) is 1. The third-order valence-electron chi connectivity index (χ3n) is 7.64. The highest BCUT2D eigenvalue weighted by Gasteiger charge is 2.60. The summed E-state index contributed by atoms with van der Waals surface area (Å²) in [5.41, 5.74) is 2.56. The number of hydrogen-bond donors (Lipinski definition) is 1. The van der Waals surface area contributed by atoms with Crippen molar-refractivity contribution in [3.63, 3.8) is 0 Å². The van der Waals surface area contributed by atoms with Crippen LogP contribution in [0.3, 0.4) is 0 Å². The molecule has 2 amide bonds. The first kappa shape index (κ1) is 31.2. The van der Waals surface area contributed by atoms with Gasteiger partial charge < -0.3 is 15.0 Å². The molecule has 2 fully saturated rings. The zero-order chi connectivity index (χ0) is 30.7. The number of rotatable bonds is 9. The lowest BCUT2D eigenvalue weighted by atomic mass is 10.00. The lowest BCUT2D eigenvalue weighted by Gasteiger charge is -2.53. The highest BCUT2D eigenvalue weighted by atomic mass is 127. The molecule has 1 N–H and O–H groups in total. The minimum Gasteiger partial charge on any atom is -0.451 e. The van der Waals surface area contributed by atoms with E-state index in [1.165, 1.54) is 23.5 Å². The Morgan fingerprint density at radius 3 is 2.20 bits per heavy atom. The lowest BCUT2D eigenvalue weighted by molar-refractivity contribution is -0.154. The number of nitrogens with zero attached hydrogens (tertiary/aromatic N) is 1. The van der Waals surface area contributed by atoms with Crippen LogP contribution >= 0.6 is 62.0 Å². The Hall–Kier alpha value is -2.80. The first-order chi connectivity index (χ1) is 21.3. The summed E-state index contributed by atoms with van der Waals surface area (Å²) in [6.07, 6.45) is -0.140. The minimum atomic E-state index is -1.34. The van der Waals surface area contributed by atoms with Gasteiger partial charge in [-0.3, -0.25) is 14.4 Å². The summed E-state index contributed by atoms with van der Waals surface area (Å²) in [6.45, 7) is 0.110. The predicted molar refractivity (Wildman–Crippen MR) is 186 cm³/mol. The van der Waals surface area contributed by atoms with Crippen LogP contribution in [0, 0.1) is 3.57 Å². The van der Waals surface area contributed by atoms with Crippen molar-refractivity contribution in [1.82, 2.24) is 10.2 Å². The van der Waals surface area contributed by atoms with E-state index in [9.17, 15) is 14.4 Å². The number of carbonyl (C=O) groups is 3. The molecule has 2 unspecified atom stereocenters. The molecule has 2 heterocycles. The summed E-state index contributed by atoms with van der Waals surface area (Å²) in [5, 5.41) is 2.42. The second-order valence-electron chi connectivity index (χ2n) is 10.6. The van der Waals surface area contributed by atoms with E-state index >= 15 is 0 Å². The standard InChI is InChI=1S/C34H28BrIN2O4S2/c35-25-16-8-10-18-27(25)44-34(33(41)42-31(22-11-3-1-4-12-22)23-13-5-2-6-14-23)21-38-29(40)20-30(38)43-32(34)37-28(39)19-24-15-7-9-17-26(24)36/h1-18,30-32H,19-21H2,(H,37,39)/t30-,32?,34?/m1/s1. The van der Waals surface area contributed by atoms with Crippen LogP contribution in [0.1, 0.15) is 29.2 Å². The number of thioether (sulfide) groups is 2. The van der Waals surface area contributed by atoms with Gasteiger partial charge in [0.25, 0.3) is 0 Å². The molecule has 44 heavy (non-hydrogen) atoms. The zero-order valence-corrected chi connectivity index (χ0v) is 28.8. The first-order valence-electron chi connectivity index (χ1n) is 14.1. The molecular weight excluding hydrogens is 771 g/mol. The number of esters is 1. The van der Waals surface area contributed by atoms with Gasteiger partial charge in [0, 0.05) is 12.9 Å². The highest BCUT2D eigenvalue weighted by molar-refractivity contribution is 14.1. The first-order valence-corrected chi connectivity index (χ1v) is 17.7. The number of nitrogens with one attached hydrogen (secondary N) is 1. The summed E-state index contributed by atoms with van der Waals surface area (Å²) in [5.74, 6) is -0.710. The zero-order valence-electron chi connectivity index (χ0n) is 23.4. The van der Waals surface area contributed by atoms with E-state index in [-0.39, 0.29) is 30.2 Å². The van der Waals surface area contributed by atoms with Gasteiger partial charge in [-0.25, -0.2) is 0 Å². The molecule has 0 bridgehead atoms. The summed E-state index contributed by atoms with van der Waals surface area (Å²) in [7, 11) is 0. The fourth-order valence-corrected chi connectivity index (χ4v) is 9.42. The van der Waals surface area contributed by atoms with Crippen molar-refractivity contribution in [3.05, 3.63) is 134 Å². The van der Waals surface area contributed by atoms with E-state index in [1.807, 2.05) is 109 Å². The molecule has 4 aromatic carbocycles. The molecule has 0 spiro atoms. The molecule has 10 heteroatoms. The number of fused-ring (bicyclic) bond motifs is 1. The third kappa shape index (κ3) is 6.59. The summed E-state index contributed by atoms with van der Waals surface area (Å²) in [6, 6.07) is 34.6. The van der Waals surface area contributed by atoms with Crippen molar-refractivity contribution in [2.75, 3.05) is 6.54 Å². The number of carbonyl (C=O) groups excluding carboxylic acids is 3. The number of β-lactam (4-membered cyclic amide) rings is 1. The van der Waals surface area contributed by atoms with E-state index in [4.69, 9.17) is 4.74 Å². The quantitative estimate of drug-likeness (QED) is 0.110. The van der Waals surface area contributed by atoms with Gasteiger partial charge in [-0.05, 0) is 73.4 Å². The summed E-state index contributed by atoms with van der Waals surface area (Å²) >= 11 is 8.65.